The molecule has 0 aromatic rings. The van der Waals surface area contributed by atoms with Gasteiger partial charge in [0.25, 0.3) is 0 Å². The van der Waals surface area contributed by atoms with E-state index in [1.54, 1.807) is 0 Å². The summed E-state index contributed by atoms with van der Waals surface area (Å²) < 4.78 is 10.5. The highest BCUT2D eigenvalue weighted by Crippen LogP contribution is 2.22. The van der Waals surface area contributed by atoms with Crippen LogP contribution in [0.15, 0.2) is 0 Å². The molecular formula is C7H13IO5. The van der Waals surface area contributed by atoms with Gasteiger partial charge in [-0.05, 0) is 0 Å². The lowest BCUT2D eigenvalue weighted by Crippen LogP contribution is -2.58. The molecule has 1 aliphatic heterocycles. The van der Waals surface area contributed by atoms with Crippen LogP contribution in [0.1, 0.15) is 0 Å². The predicted molar refractivity (Wildman–Crippen MR) is 52.6 cm³/mol. The Labute approximate surface area is 89.8 Å². The molecule has 1 saturated heterocycles. The predicted octanol–water partition coefficient (Wildman–Crippen LogP) is -1.12. The first kappa shape index (κ1) is 11.6. The molecule has 6 heteroatoms. The maximum Gasteiger partial charge on any atom is 0.186 e. The summed E-state index contributed by atoms with van der Waals surface area (Å²) in [6.45, 7) is 0. The van der Waals surface area contributed by atoms with Gasteiger partial charge in [0, 0.05) is 11.5 Å². The second kappa shape index (κ2) is 4.85. The number of halogens is 1. The van der Waals surface area contributed by atoms with Crippen LogP contribution < -0.4 is 0 Å². The Hall–Kier alpha value is 0.530. The molecule has 1 fully saturated rings. The van der Waals surface area contributed by atoms with Crippen molar-refractivity contribution < 1.29 is 24.8 Å². The zero-order valence-electron chi connectivity index (χ0n) is 7.13. The Bertz CT molecular complexity index is 147. The van der Waals surface area contributed by atoms with E-state index < -0.39 is 30.7 Å². The molecule has 1 heterocycles. The summed E-state index contributed by atoms with van der Waals surface area (Å²) in [5.41, 5.74) is 0. The zero-order chi connectivity index (χ0) is 10.0. The van der Waals surface area contributed by atoms with Crippen LogP contribution in [0.2, 0.25) is 0 Å². The molecular weight excluding hydrogens is 291 g/mol. The number of aliphatic hydroxyl groups excluding tert-OH is 3. The summed E-state index contributed by atoms with van der Waals surface area (Å²) in [6.07, 6.45) is -4.82. The van der Waals surface area contributed by atoms with Gasteiger partial charge in [-0.25, -0.2) is 0 Å². The van der Waals surface area contributed by atoms with Crippen molar-refractivity contribution in [2.45, 2.75) is 30.7 Å². The molecule has 1 rings (SSSR count). The first-order valence-corrected chi connectivity index (χ1v) is 5.42. The van der Waals surface area contributed by atoms with E-state index in [-0.39, 0.29) is 0 Å². The first-order valence-electron chi connectivity index (χ1n) is 3.90. The van der Waals surface area contributed by atoms with E-state index in [0.29, 0.717) is 4.43 Å². The fourth-order valence-electron chi connectivity index (χ4n) is 1.24. The summed E-state index contributed by atoms with van der Waals surface area (Å²) >= 11 is 2.03. The number of methoxy groups -OCH3 is 1. The maximum absolute atomic E-state index is 9.43. The van der Waals surface area contributed by atoms with Crippen molar-refractivity contribution in [3.63, 3.8) is 0 Å². The van der Waals surface area contributed by atoms with E-state index in [2.05, 4.69) is 0 Å². The summed E-state index contributed by atoms with van der Waals surface area (Å²) in [6, 6.07) is 0. The lowest BCUT2D eigenvalue weighted by Gasteiger charge is -2.39. The molecule has 5 nitrogen and oxygen atoms in total. The average molecular weight is 304 g/mol. The topological polar surface area (TPSA) is 79.2 Å². The van der Waals surface area contributed by atoms with Gasteiger partial charge in [-0.15, -0.1) is 0 Å². The Morgan fingerprint density at radius 3 is 2.31 bits per heavy atom. The van der Waals surface area contributed by atoms with Crippen molar-refractivity contribution in [1.29, 1.82) is 0 Å². The van der Waals surface area contributed by atoms with E-state index in [1.165, 1.54) is 7.11 Å². The quantitative estimate of drug-likeness (QED) is 0.445. The smallest absolute Gasteiger partial charge is 0.186 e. The molecule has 1 aliphatic rings. The third-order valence-corrected chi connectivity index (χ3v) is 2.92. The van der Waals surface area contributed by atoms with Crippen LogP contribution in [0.3, 0.4) is 0 Å². The van der Waals surface area contributed by atoms with E-state index in [4.69, 9.17) is 9.47 Å². The molecule has 5 atom stereocenters. The number of aliphatic hydroxyl groups is 3. The van der Waals surface area contributed by atoms with Gasteiger partial charge in [-0.2, -0.15) is 0 Å². The van der Waals surface area contributed by atoms with Crippen molar-refractivity contribution >= 4 is 22.6 Å². The monoisotopic (exact) mass is 304 g/mol. The van der Waals surface area contributed by atoms with Gasteiger partial charge < -0.3 is 24.8 Å². The van der Waals surface area contributed by atoms with Gasteiger partial charge >= 0.3 is 0 Å². The van der Waals surface area contributed by atoms with Crippen LogP contribution in [-0.4, -0.2) is 57.6 Å². The van der Waals surface area contributed by atoms with E-state index >= 15 is 0 Å². The van der Waals surface area contributed by atoms with Gasteiger partial charge in [-0.3, -0.25) is 0 Å². The number of alkyl halides is 1. The largest absolute Gasteiger partial charge is 0.388 e. The minimum atomic E-state index is -1.21. The van der Waals surface area contributed by atoms with E-state index in [9.17, 15) is 15.3 Å². The van der Waals surface area contributed by atoms with Gasteiger partial charge in [-0.1, -0.05) is 22.6 Å². The molecule has 0 amide bonds. The lowest BCUT2D eigenvalue weighted by molar-refractivity contribution is -0.284. The summed E-state index contributed by atoms with van der Waals surface area (Å²) in [4.78, 5) is 0. The molecule has 0 aromatic heterocycles. The average Bonchev–Trinajstić information content (AvgIpc) is 2.15. The van der Waals surface area contributed by atoms with Crippen LogP contribution in [-0.2, 0) is 9.47 Å². The normalized spacial score (nSPS) is 46.4. The fourth-order valence-corrected chi connectivity index (χ4v) is 1.97. The van der Waals surface area contributed by atoms with Crippen molar-refractivity contribution in [2.24, 2.45) is 0 Å². The fraction of sp³-hybridized carbons (Fsp3) is 1.00. The molecule has 3 N–H and O–H groups in total. The Balaban J connectivity index is 2.66. The summed E-state index contributed by atoms with van der Waals surface area (Å²) in [5.74, 6) is 0. The van der Waals surface area contributed by atoms with Gasteiger partial charge in [0.15, 0.2) is 6.29 Å². The van der Waals surface area contributed by atoms with Crippen molar-refractivity contribution in [3.8, 4) is 0 Å². The molecule has 0 spiro atoms. The number of rotatable bonds is 2. The van der Waals surface area contributed by atoms with Crippen molar-refractivity contribution in [3.05, 3.63) is 0 Å². The zero-order valence-corrected chi connectivity index (χ0v) is 9.29. The van der Waals surface area contributed by atoms with E-state index in [1.807, 2.05) is 22.6 Å². The van der Waals surface area contributed by atoms with Crippen LogP contribution >= 0.6 is 22.6 Å². The second-order valence-corrected chi connectivity index (χ2v) is 3.79. The van der Waals surface area contributed by atoms with Crippen LogP contribution in [0.4, 0.5) is 0 Å². The van der Waals surface area contributed by atoms with E-state index in [0.717, 1.165) is 0 Å². The molecule has 0 radical (unpaired) electrons. The molecule has 0 bridgehead atoms. The molecule has 0 unspecified atom stereocenters. The SMILES string of the molecule is CO[C@@H]1O[C@H](CI)[C@@H](O)[C@H](O)[C@H]1O. The maximum atomic E-state index is 9.43. The van der Waals surface area contributed by atoms with Crippen molar-refractivity contribution in [2.75, 3.05) is 11.5 Å². The molecule has 78 valence electrons. The summed E-state index contributed by atoms with van der Waals surface area (Å²) in [5, 5.41) is 28.2. The highest BCUT2D eigenvalue weighted by Gasteiger charge is 2.43. The minimum absolute atomic E-state index is 0.496. The molecule has 0 aromatic carbocycles. The lowest BCUT2D eigenvalue weighted by atomic mass is 10.0. The van der Waals surface area contributed by atoms with Gasteiger partial charge in [0.2, 0.25) is 0 Å². The molecule has 0 aliphatic carbocycles. The third kappa shape index (κ3) is 2.31. The Morgan fingerprint density at radius 2 is 1.85 bits per heavy atom. The van der Waals surface area contributed by atoms with Crippen LogP contribution in [0.5, 0.6) is 0 Å². The molecule has 13 heavy (non-hydrogen) atoms. The Kier molecular flexibility index (Phi) is 4.33. The Morgan fingerprint density at radius 1 is 1.23 bits per heavy atom. The highest BCUT2D eigenvalue weighted by molar-refractivity contribution is 14.1. The van der Waals surface area contributed by atoms with Crippen LogP contribution in [0, 0.1) is 0 Å². The van der Waals surface area contributed by atoms with Crippen molar-refractivity contribution in [1.82, 2.24) is 0 Å². The highest BCUT2D eigenvalue weighted by atomic mass is 127. The standard InChI is InChI=1S/C7H13IO5/c1-12-7-6(11)5(10)4(9)3(2-8)13-7/h3-7,9-11H,2H2,1H3/t3-,4-,5+,6-,7-/m1/s1. The molecule has 0 saturated carbocycles. The third-order valence-electron chi connectivity index (χ3n) is 2.05. The summed E-state index contributed by atoms with van der Waals surface area (Å²) in [7, 11) is 1.38. The van der Waals surface area contributed by atoms with Gasteiger partial charge in [0.1, 0.15) is 18.3 Å². The first-order chi connectivity index (χ1) is 6.11. The minimum Gasteiger partial charge on any atom is -0.388 e. The number of ether oxygens (including phenoxy) is 2. The van der Waals surface area contributed by atoms with Gasteiger partial charge in [0.05, 0.1) is 6.10 Å². The van der Waals surface area contributed by atoms with Crippen LogP contribution in [0.25, 0.3) is 0 Å². The second-order valence-electron chi connectivity index (χ2n) is 2.90. The number of hydrogen-bond donors (Lipinski definition) is 3. The number of hydrogen-bond acceptors (Lipinski definition) is 5.